The first-order valence-electron chi connectivity index (χ1n) is 7.62. The summed E-state index contributed by atoms with van der Waals surface area (Å²) < 4.78 is 4.96. The number of carboxylic acid groups (broad SMARTS) is 1. The van der Waals surface area contributed by atoms with Crippen LogP contribution in [-0.2, 0) is 9.59 Å². The summed E-state index contributed by atoms with van der Waals surface area (Å²) in [5.74, 6) is -1.36. The van der Waals surface area contributed by atoms with Gasteiger partial charge in [-0.05, 0) is 48.5 Å². The molecule has 2 aromatic carbocycles. The molecule has 0 saturated heterocycles. The fraction of sp³-hybridized carbons (Fsp3) is 0.167. The fourth-order valence-electron chi connectivity index (χ4n) is 1.93. The van der Waals surface area contributed by atoms with Crippen molar-refractivity contribution in [3.8, 4) is 5.75 Å². The highest BCUT2D eigenvalue weighted by Crippen LogP contribution is 2.17. The molecule has 0 aliphatic heterocycles. The Bertz CT molecular complexity index is 754. The van der Waals surface area contributed by atoms with E-state index >= 15 is 0 Å². The van der Waals surface area contributed by atoms with Crippen molar-refractivity contribution in [3.63, 3.8) is 0 Å². The van der Waals surface area contributed by atoms with Crippen LogP contribution in [0.25, 0.3) is 0 Å². The van der Waals surface area contributed by atoms with E-state index in [9.17, 15) is 19.5 Å². The Morgan fingerprint density at radius 1 is 0.920 bits per heavy atom. The molecule has 2 rings (SSSR count). The van der Waals surface area contributed by atoms with Gasteiger partial charge in [0.05, 0.1) is 5.97 Å². The third-order valence-electron chi connectivity index (χ3n) is 3.22. The summed E-state index contributed by atoms with van der Waals surface area (Å²) in [6.07, 6.45) is 0.380. The number of hydrogen-bond acceptors (Lipinski definition) is 5. The van der Waals surface area contributed by atoms with Crippen molar-refractivity contribution in [2.24, 2.45) is 0 Å². The highest BCUT2D eigenvalue weighted by atomic mass is 16.5. The largest absolute Gasteiger partial charge is 0.546 e. The minimum absolute atomic E-state index is 0.0989. The first kappa shape index (κ1) is 18.0. The summed E-state index contributed by atoms with van der Waals surface area (Å²) >= 11 is 0. The second-order valence-electron chi connectivity index (χ2n) is 5.12. The smallest absolute Gasteiger partial charge is 0.255 e. The predicted octanol–water partition coefficient (Wildman–Crippen LogP) is 1.42. The molecule has 2 N–H and O–H groups in total. The van der Waals surface area contributed by atoms with Gasteiger partial charge in [-0.25, -0.2) is 0 Å². The molecule has 2 aromatic rings. The lowest BCUT2D eigenvalue weighted by Gasteiger charge is -2.09. The molecule has 0 fully saturated rings. The number of anilines is 2. The zero-order chi connectivity index (χ0) is 18.2. The minimum atomic E-state index is -1.31. The molecular weight excluding hydrogens is 324 g/mol. The van der Waals surface area contributed by atoms with Gasteiger partial charge in [0.25, 0.3) is 5.91 Å². The number of carboxylic acids is 1. The van der Waals surface area contributed by atoms with Gasteiger partial charge in [0.15, 0.2) is 0 Å². The first-order valence-corrected chi connectivity index (χ1v) is 7.62. The van der Waals surface area contributed by atoms with Crippen LogP contribution in [-0.4, -0.2) is 24.4 Å². The van der Waals surface area contributed by atoms with Gasteiger partial charge in [0, 0.05) is 23.4 Å². The monoisotopic (exact) mass is 341 g/mol. The number of nitrogens with one attached hydrogen (secondary N) is 2. The van der Waals surface area contributed by atoms with Crippen molar-refractivity contribution in [1.82, 2.24) is 0 Å². The molecule has 0 atom stereocenters. The SMILES string of the molecule is CCC(=O)Nc1ccc(C(=O)Nc2ccc(OCC(=O)[O-])cc2)cc1. The molecule has 0 radical (unpaired) electrons. The summed E-state index contributed by atoms with van der Waals surface area (Å²) in [4.78, 5) is 33.8. The molecule has 0 spiro atoms. The van der Waals surface area contributed by atoms with Crippen molar-refractivity contribution in [2.45, 2.75) is 13.3 Å². The van der Waals surface area contributed by atoms with E-state index in [1.165, 1.54) is 0 Å². The van der Waals surface area contributed by atoms with Crippen molar-refractivity contribution in [3.05, 3.63) is 54.1 Å². The summed E-state index contributed by atoms with van der Waals surface area (Å²) in [6, 6.07) is 12.8. The van der Waals surface area contributed by atoms with Crippen molar-refractivity contribution < 1.29 is 24.2 Å². The average molecular weight is 341 g/mol. The summed E-state index contributed by atoms with van der Waals surface area (Å²) in [5.41, 5.74) is 1.60. The van der Waals surface area contributed by atoms with E-state index < -0.39 is 12.6 Å². The summed E-state index contributed by atoms with van der Waals surface area (Å²) in [6.45, 7) is 1.22. The van der Waals surface area contributed by atoms with E-state index in [0.717, 1.165) is 0 Å². The molecule has 130 valence electrons. The zero-order valence-electron chi connectivity index (χ0n) is 13.6. The van der Waals surface area contributed by atoms with Crippen LogP contribution < -0.4 is 20.5 Å². The van der Waals surface area contributed by atoms with Crippen molar-refractivity contribution in [1.29, 1.82) is 0 Å². The van der Waals surface area contributed by atoms with Crippen molar-refractivity contribution >= 4 is 29.2 Å². The molecular formula is C18H17N2O5-. The second kappa shape index (κ2) is 8.49. The van der Waals surface area contributed by atoms with Crippen molar-refractivity contribution in [2.75, 3.05) is 17.2 Å². The van der Waals surface area contributed by atoms with E-state index in [4.69, 9.17) is 4.74 Å². The molecule has 0 aliphatic rings. The third kappa shape index (κ3) is 5.65. The van der Waals surface area contributed by atoms with Gasteiger partial charge in [-0.2, -0.15) is 0 Å². The van der Waals surface area contributed by atoms with Gasteiger partial charge in [-0.3, -0.25) is 9.59 Å². The fourth-order valence-corrected chi connectivity index (χ4v) is 1.93. The standard InChI is InChI=1S/C18H18N2O5/c1-2-16(21)19-13-5-3-12(4-6-13)18(24)20-14-7-9-15(10-8-14)25-11-17(22)23/h3-10H,2,11H2,1H3,(H,19,21)(H,20,24)(H,22,23)/p-1. The Morgan fingerprint density at radius 2 is 1.48 bits per heavy atom. The lowest BCUT2D eigenvalue weighted by molar-refractivity contribution is -0.307. The Labute approximate surface area is 144 Å². The van der Waals surface area contributed by atoms with Gasteiger partial charge < -0.3 is 25.3 Å². The zero-order valence-corrected chi connectivity index (χ0v) is 13.6. The van der Waals surface area contributed by atoms with Crippen LogP contribution in [0.2, 0.25) is 0 Å². The molecule has 0 unspecified atom stereocenters. The van der Waals surface area contributed by atoms with Crippen LogP contribution in [0.15, 0.2) is 48.5 Å². The number of benzene rings is 2. The lowest BCUT2D eigenvalue weighted by Crippen LogP contribution is -2.28. The molecule has 25 heavy (non-hydrogen) atoms. The van der Waals surface area contributed by atoms with E-state index in [1.54, 1.807) is 55.5 Å². The topological polar surface area (TPSA) is 108 Å². The number of carbonyl (C=O) groups is 3. The number of carbonyl (C=O) groups excluding carboxylic acids is 3. The van der Waals surface area contributed by atoms with Crippen LogP contribution in [0.1, 0.15) is 23.7 Å². The Morgan fingerprint density at radius 3 is 2.04 bits per heavy atom. The maximum atomic E-state index is 12.2. The average Bonchev–Trinajstić information content (AvgIpc) is 2.61. The molecule has 7 heteroatoms. The van der Waals surface area contributed by atoms with Crippen LogP contribution in [0.4, 0.5) is 11.4 Å². The Hall–Kier alpha value is -3.35. The van der Waals surface area contributed by atoms with Gasteiger partial charge in [-0.1, -0.05) is 6.92 Å². The van der Waals surface area contributed by atoms with Crippen LogP contribution in [0.5, 0.6) is 5.75 Å². The summed E-state index contributed by atoms with van der Waals surface area (Å²) in [7, 11) is 0. The highest BCUT2D eigenvalue weighted by Gasteiger charge is 2.07. The first-order chi connectivity index (χ1) is 12.0. The van der Waals surface area contributed by atoms with E-state index in [0.29, 0.717) is 29.1 Å². The van der Waals surface area contributed by atoms with Gasteiger partial charge in [-0.15, -0.1) is 0 Å². The number of hydrogen-bond donors (Lipinski definition) is 2. The molecule has 0 bridgehead atoms. The van der Waals surface area contributed by atoms with Gasteiger partial charge in [0.2, 0.25) is 5.91 Å². The minimum Gasteiger partial charge on any atom is -0.546 e. The number of aliphatic carboxylic acids is 1. The molecule has 0 heterocycles. The quantitative estimate of drug-likeness (QED) is 0.792. The van der Waals surface area contributed by atoms with Gasteiger partial charge >= 0.3 is 0 Å². The molecule has 0 aliphatic carbocycles. The predicted molar refractivity (Wildman–Crippen MR) is 90.3 cm³/mol. The van der Waals surface area contributed by atoms with Gasteiger partial charge in [0.1, 0.15) is 12.4 Å². The maximum absolute atomic E-state index is 12.2. The number of ether oxygens (including phenoxy) is 1. The molecule has 0 aromatic heterocycles. The molecule has 0 saturated carbocycles. The normalized spacial score (nSPS) is 9.96. The van der Waals surface area contributed by atoms with Crippen LogP contribution in [0, 0.1) is 0 Å². The van der Waals surface area contributed by atoms with E-state index in [2.05, 4.69) is 10.6 Å². The highest BCUT2D eigenvalue weighted by molar-refractivity contribution is 6.04. The lowest BCUT2D eigenvalue weighted by atomic mass is 10.2. The van der Waals surface area contributed by atoms with Crippen LogP contribution in [0.3, 0.4) is 0 Å². The number of amides is 2. The maximum Gasteiger partial charge on any atom is 0.255 e. The number of rotatable bonds is 7. The second-order valence-corrected chi connectivity index (χ2v) is 5.12. The van der Waals surface area contributed by atoms with E-state index in [-0.39, 0.29) is 11.8 Å². The Kier molecular flexibility index (Phi) is 6.11. The summed E-state index contributed by atoms with van der Waals surface area (Å²) in [5, 5.41) is 15.7. The third-order valence-corrected chi connectivity index (χ3v) is 3.22. The Balaban J connectivity index is 1.94. The van der Waals surface area contributed by atoms with E-state index in [1.807, 2.05) is 0 Å². The molecule has 7 nitrogen and oxygen atoms in total. The van der Waals surface area contributed by atoms with Crippen LogP contribution >= 0.6 is 0 Å². The molecule has 2 amide bonds.